The molecular weight excluding hydrogens is 361 g/mol. The molecule has 0 aliphatic carbocycles. The van der Waals surface area contributed by atoms with Crippen molar-refractivity contribution in [2.45, 2.75) is 6.04 Å². The van der Waals surface area contributed by atoms with Crippen molar-refractivity contribution >= 4 is 17.3 Å². The predicted octanol–water partition coefficient (Wildman–Crippen LogP) is 4.05. The Kier molecular flexibility index (Phi) is 6.08. The van der Waals surface area contributed by atoms with Crippen LogP contribution in [0.1, 0.15) is 17.2 Å². The number of benzene rings is 3. The number of carbonyl (C=O) groups is 1. The van der Waals surface area contributed by atoms with E-state index in [9.17, 15) is 19.3 Å². The summed E-state index contributed by atoms with van der Waals surface area (Å²) in [5, 5.41) is 16.6. The third kappa shape index (κ3) is 4.77. The first-order chi connectivity index (χ1) is 13.5. The maximum absolute atomic E-state index is 13.4. The monoisotopic (exact) mass is 379 g/mol. The summed E-state index contributed by atoms with van der Waals surface area (Å²) in [5.41, 5.74) is 1.48. The Bertz CT molecular complexity index is 926. The lowest BCUT2D eigenvalue weighted by Crippen LogP contribution is -2.31. The van der Waals surface area contributed by atoms with Crippen LogP contribution in [-0.2, 0) is 4.79 Å². The number of anilines is 1. The molecule has 0 atom stereocenters. The number of rotatable bonds is 7. The van der Waals surface area contributed by atoms with Crippen molar-refractivity contribution in [2.24, 2.45) is 0 Å². The van der Waals surface area contributed by atoms with Crippen molar-refractivity contribution in [3.63, 3.8) is 0 Å². The first-order valence-electron chi connectivity index (χ1n) is 8.61. The SMILES string of the molecule is O=C(CNC(c1ccccc1)c1ccccc1)Nc1ccc(F)c([N+](=O)[O-])c1. The van der Waals surface area contributed by atoms with E-state index in [1.54, 1.807) is 0 Å². The largest absolute Gasteiger partial charge is 0.325 e. The number of amides is 1. The Labute approximate surface area is 161 Å². The lowest BCUT2D eigenvalue weighted by atomic mass is 9.99. The van der Waals surface area contributed by atoms with Crippen molar-refractivity contribution in [1.29, 1.82) is 0 Å². The molecule has 1 amide bonds. The molecule has 0 radical (unpaired) electrons. The molecule has 3 aromatic carbocycles. The van der Waals surface area contributed by atoms with Gasteiger partial charge in [0.25, 0.3) is 0 Å². The second-order valence-electron chi connectivity index (χ2n) is 6.11. The van der Waals surface area contributed by atoms with Gasteiger partial charge < -0.3 is 5.32 Å². The third-order valence-corrected chi connectivity index (χ3v) is 4.16. The summed E-state index contributed by atoms with van der Waals surface area (Å²) in [6, 6.07) is 22.4. The van der Waals surface area contributed by atoms with Gasteiger partial charge in [-0.2, -0.15) is 4.39 Å². The van der Waals surface area contributed by atoms with E-state index in [1.165, 1.54) is 6.07 Å². The highest BCUT2D eigenvalue weighted by Crippen LogP contribution is 2.23. The lowest BCUT2D eigenvalue weighted by molar-refractivity contribution is -0.387. The smallest absolute Gasteiger partial charge is 0.306 e. The summed E-state index contributed by atoms with van der Waals surface area (Å²) < 4.78 is 13.4. The van der Waals surface area contributed by atoms with E-state index in [0.717, 1.165) is 23.3 Å². The molecule has 0 unspecified atom stereocenters. The summed E-state index contributed by atoms with van der Waals surface area (Å²) in [6.45, 7) is -0.0281. The fourth-order valence-electron chi connectivity index (χ4n) is 2.85. The highest BCUT2D eigenvalue weighted by Gasteiger charge is 2.17. The van der Waals surface area contributed by atoms with Crippen molar-refractivity contribution in [3.05, 3.63) is 106 Å². The summed E-state index contributed by atoms with van der Waals surface area (Å²) in [7, 11) is 0. The number of carbonyl (C=O) groups excluding carboxylic acids is 1. The highest BCUT2D eigenvalue weighted by atomic mass is 19.1. The molecule has 3 rings (SSSR count). The molecule has 0 bridgehead atoms. The van der Waals surface area contributed by atoms with Gasteiger partial charge in [0.2, 0.25) is 11.7 Å². The average Bonchev–Trinajstić information content (AvgIpc) is 2.71. The zero-order valence-corrected chi connectivity index (χ0v) is 14.8. The molecule has 3 aromatic rings. The predicted molar refractivity (Wildman–Crippen MR) is 104 cm³/mol. The van der Waals surface area contributed by atoms with Crippen molar-refractivity contribution in [1.82, 2.24) is 5.32 Å². The molecule has 0 fully saturated rings. The summed E-state index contributed by atoms with van der Waals surface area (Å²) in [6.07, 6.45) is 0. The number of nitro groups is 1. The summed E-state index contributed by atoms with van der Waals surface area (Å²) in [5.74, 6) is -1.34. The third-order valence-electron chi connectivity index (χ3n) is 4.16. The second kappa shape index (κ2) is 8.88. The molecule has 0 aromatic heterocycles. The fourth-order valence-corrected chi connectivity index (χ4v) is 2.85. The van der Waals surface area contributed by atoms with E-state index >= 15 is 0 Å². The van der Waals surface area contributed by atoms with Crippen molar-refractivity contribution in [3.8, 4) is 0 Å². The minimum absolute atomic E-state index is 0.0281. The van der Waals surface area contributed by atoms with Gasteiger partial charge in [-0.25, -0.2) is 0 Å². The zero-order valence-electron chi connectivity index (χ0n) is 14.8. The Morgan fingerprint density at radius 1 is 0.964 bits per heavy atom. The number of hydrogen-bond acceptors (Lipinski definition) is 4. The lowest BCUT2D eigenvalue weighted by Gasteiger charge is -2.19. The van der Waals surface area contributed by atoms with Gasteiger partial charge in [0.05, 0.1) is 17.5 Å². The Hall–Kier alpha value is -3.58. The molecule has 2 N–H and O–H groups in total. The van der Waals surface area contributed by atoms with Crippen molar-refractivity contribution < 1.29 is 14.1 Å². The Morgan fingerprint density at radius 2 is 1.54 bits per heavy atom. The fraction of sp³-hybridized carbons (Fsp3) is 0.0952. The van der Waals surface area contributed by atoms with E-state index in [1.807, 2.05) is 60.7 Å². The quantitative estimate of drug-likeness (QED) is 0.479. The van der Waals surface area contributed by atoms with E-state index in [2.05, 4.69) is 10.6 Å². The first kappa shape index (κ1) is 19.2. The van der Waals surface area contributed by atoms with Crippen LogP contribution in [0.25, 0.3) is 0 Å². The van der Waals surface area contributed by atoms with Gasteiger partial charge in [-0.1, -0.05) is 60.7 Å². The maximum Gasteiger partial charge on any atom is 0.306 e. The number of halogens is 1. The topological polar surface area (TPSA) is 84.3 Å². The number of hydrogen-bond donors (Lipinski definition) is 2. The van der Waals surface area contributed by atoms with E-state index in [-0.39, 0.29) is 18.3 Å². The van der Waals surface area contributed by atoms with Crippen LogP contribution in [-0.4, -0.2) is 17.4 Å². The van der Waals surface area contributed by atoms with Gasteiger partial charge in [-0.05, 0) is 23.3 Å². The second-order valence-corrected chi connectivity index (χ2v) is 6.11. The molecule has 0 aliphatic rings. The molecule has 142 valence electrons. The van der Waals surface area contributed by atoms with E-state index in [0.29, 0.717) is 0 Å². The van der Waals surface area contributed by atoms with Crippen molar-refractivity contribution in [2.75, 3.05) is 11.9 Å². The summed E-state index contributed by atoms with van der Waals surface area (Å²) in [4.78, 5) is 22.3. The van der Waals surface area contributed by atoms with Crippen LogP contribution in [0, 0.1) is 15.9 Å². The average molecular weight is 379 g/mol. The van der Waals surface area contributed by atoms with Gasteiger partial charge >= 0.3 is 5.69 Å². The molecule has 0 saturated carbocycles. The van der Waals surface area contributed by atoms with Gasteiger partial charge in [-0.3, -0.25) is 20.2 Å². The van der Waals surface area contributed by atoms with Gasteiger partial charge in [0, 0.05) is 11.8 Å². The Morgan fingerprint density at radius 3 is 2.07 bits per heavy atom. The van der Waals surface area contributed by atoms with Gasteiger partial charge in [0.15, 0.2) is 0 Å². The van der Waals surface area contributed by atoms with Crippen LogP contribution in [0.2, 0.25) is 0 Å². The van der Waals surface area contributed by atoms with Crippen LogP contribution in [0.4, 0.5) is 15.8 Å². The Balaban J connectivity index is 1.71. The van der Waals surface area contributed by atoms with E-state index < -0.39 is 22.3 Å². The number of nitrogens with one attached hydrogen (secondary N) is 2. The van der Waals surface area contributed by atoms with Crippen LogP contribution in [0.3, 0.4) is 0 Å². The zero-order chi connectivity index (χ0) is 19.9. The van der Waals surface area contributed by atoms with Crippen LogP contribution >= 0.6 is 0 Å². The van der Waals surface area contributed by atoms with Gasteiger partial charge in [0.1, 0.15) is 0 Å². The molecule has 7 heteroatoms. The molecule has 0 aliphatic heterocycles. The number of nitrogens with zero attached hydrogens (tertiary/aromatic N) is 1. The first-order valence-corrected chi connectivity index (χ1v) is 8.61. The number of nitro benzene ring substituents is 1. The van der Waals surface area contributed by atoms with Crippen LogP contribution in [0.5, 0.6) is 0 Å². The molecule has 0 saturated heterocycles. The van der Waals surface area contributed by atoms with Crippen LogP contribution < -0.4 is 10.6 Å². The standard InChI is InChI=1S/C21H18FN3O3/c22-18-12-11-17(13-19(18)25(27)28)24-20(26)14-23-21(15-7-3-1-4-8-15)16-9-5-2-6-10-16/h1-13,21,23H,14H2,(H,24,26). The minimum atomic E-state index is -0.950. The normalized spacial score (nSPS) is 10.6. The maximum atomic E-state index is 13.4. The molecule has 6 nitrogen and oxygen atoms in total. The van der Waals surface area contributed by atoms with Gasteiger partial charge in [-0.15, -0.1) is 0 Å². The summed E-state index contributed by atoms with van der Waals surface area (Å²) >= 11 is 0. The van der Waals surface area contributed by atoms with Crippen LogP contribution in [0.15, 0.2) is 78.9 Å². The molecule has 28 heavy (non-hydrogen) atoms. The molecule has 0 heterocycles. The minimum Gasteiger partial charge on any atom is -0.325 e. The highest BCUT2D eigenvalue weighted by molar-refractivity contribution is 5.92. The molecule has 0 spiro atoms. The van der Waals surface area contributed by atoms with E-state index in [4.69, 9.17) is 0 Å². The molecular formula is C21H18FN3O3.